The van der Waals surface area contributed by atoms with E-state index < -0.39 is 0 Å². The van der Waals surface area contributed by atoms with Gasteiger partial charge in [0.05, 0.1) is 5.56 Å². The first-order chi connectivity index (χ1) is 9.81. The third kappa shape index (κ3) is 2.52. The first-order valence-electron chi connectivity index (χ1n) is 7.99. The van der Waals surface area contributed by atoms with E-state index in [0.29, 0.717) is 0 Å². The molecule has 1 aromatic heterocycles. The monoisotopic (exact) mass is 269 g/mol. The van der Waals surface area contributed by atoms with E-state index in [1.807, 2.05) is 0 Å². The summed E-state index contributed by atoms with van der Waals surface area (Å²) in [6.45, 7) is 4.18. The largest absolute Gasteiger partial charge is 0.356 e. The lowest BCUT2D eigenvalue weighted by Crippen LogP contribution is -2.34. The van der Waals surface area contributed by atoms with Crippen molar-refractivity contribution in [1.29, 1.82) is 5.26 Å². The molecule has 3 rings (SSSR count). The van der Waals surface area contributed by atoms with Crippen LogP contribution < -0.4 is 4.90 Å². The second kappa shape index (κ2) is 5.83. The van der Waals surface area contributed by atoms with Gasteiger partial charge in [0.2, 0.25) is 0 Å². The van der Waals surface area contributed by atoms with Crippen LogP contribution in [0.5, 0.6) is 0 Å². The van der Waals surface area contributed by atoms with Crippen molar-refractivity contribution in [1.82, 2.24) is 4.98 Å². The molecular weight excluding hydrogens is 246 g/mol. The summed E-state index contributed by atoms with van der Waals surface area (Å²) in [6.07, 6.45) is 8.68. The lowest BCUT2D eigenvalue weighted by molar-refractivity contribution is 0.318. The summed E-state index contributed by atoms with van der Waals surface area (Å²) < 4.78 is 0. The molecule has 3 nitrogen and oxygen atoms in total. The van der Waals surface area contributed by atoms with Gasteiger partial charge in [0.15, 0.2) is 0 Å². The maximum absolute atomic E-state index is 9.45. The van der Waals surface area contributed by atoms with Crippen LogP contribution in [-0.2, 0) is 12.8 Å². The average molecular weight is 269 g/mol. The fourth-order valence-corrected chi connectivity index (χ4v) is 3.30. The van der Waals surface area contributed by atoms with E-state index in [9.17, 15) is 5.26 Å². The van der Waals surface area contributed by atoms with E-state index >= 15 is 0 Å². The van der Waals surface area contributed by atoms with Crippen molar-refractivity contribution in [3.05, 3.63) is 22.9 Å². The summed E-state index contributed by atoms with van der Waals surface area (Å²) in [5.74, 6) is 1.74. The highest BCUT2D eigenvalue weighted by molar-refractivity contribution is 5.56. The molecule has 1 saturated carbocycles. The maximum atomic E-state index is 9.45. The number of aromatic nitrogens is 1. The van der Waals surface area contributed by atoms with E-state index in [0.717, 1.165) is 43.2 Å². The molecule has 106 valence electrons. The molecule has 1 aromatic rings. The first-order valence-corrected chi connectivity index (χ1v) is 7.99. The van der Waals surface area contributed by atoms with Gasteiger partial charge < -0.3 is 4.90 Å². The molecule has 0 N–H and O–H groups in total. The van der Waals surface area contributed by atoms with Crippen molar-refractivity contribution < 1.29 is 0 Å². The molecule has 0 bridgehead atoms. The highest BCUT2D eigenvalue weighted by Crippen LogP contribution is 2.31. The number of fused-ring (bicyclic) bond motifs is 1. The Kier molecular flexibility index (Phi) is 3.91. The van der Waals surface area contributed by atoms with Crippen molar-refractivity contribution in [3.8, 4) is 6.07 Å². The van der Waals surface area contributed by atoms with E-state index in [4.69, 9.17) is 4.98 Å². The average Bonchev–Trinajstić information content (AvgIpc) is 2.45. The molecule has 20 heavy (non-hydrogen) atoms. The van der Waals surface area contributed by atoms with E-state index in [2.05, 4.69) is 24.0 Å². The molecule has 2 aliphatic carbocycles. The number of nitriles is 1. The predicted octanol–water partition coefficient (Wildman–Crippen LogP) is 3.46. The fourth-order valence-electron chi connectivity index (χ4n) is 3.30. The Bertz CT molecular complexity index is 526. The molecule has 1 heterocycles. The molecule has 0 amide bonds. The van der Waals surface area contributed by atoms with Crippen LogP contribution in [0.15, 0.2) is 6.07 Å². The van der Waals surface area contributed by atoms with Crippen LogP contribution in [0, 0.1) is 17.2 Å². The van der Waals surface area contributed by atoms with Crippen molar-refractivity contribution in [2.75, 3.05) is 18.0 Å². The van der Waals surface area contributed by atoms with Crippen LogP contribution in [0.1, 0.15) is 55.8 Å². The highest BCUT2D eigenvalue weighted by atomic mass is 15.2. The number of hydrogen-bond donors (Lipinski definition) is 0. The van der Waals surface area contributed by atoms with Crippen LogP contribution >= 0.6 is 0 Å². The molecule has 0 saturated heterocycles. The van der Waals surface area contributed by atoms with Crippen LogP contribution in [0.2, 0.25) is 0 Å². The van der Waals surface area contributed by atoms with Gasteiger partial charge in [-0.2, -0.15) is 5.26 Å². The third-order valence-electron chi connectivity index (χ3n) is 4.79. The number of pyridine rings is 1. The smallest absolute Gasteiger partial charge is 0.146 e. The Balaban J connectivity index is 1.91. The lowest BCUT2D eigenvalue weighted by Gasteiger charge is -2.33. The minimum Gasteiger partial charge on any atom is -0.356 e. The van der Waals surface area contributed by atoms with Gasteiger partial charge in [0.1, 0.15) is 11.9 Å². The SMILES string of the molecule is CCN(CC1CCC1)c1nc2c(cc1C#N)CCCC2. The summed E-state index contributed by atoms with van der Waals surface area (Å²) in [5.41, 5.74) is 3.31. The van der Waals surface area contributed by atoms with Crippen LogP contribution in [0.4, 0.5) is 5.82 Å². The highest BCUT2D eigenvalue weighted by Gasteiger charge is 2.23. The molecule has 1 fully saturated rings. The molecule has 2 aliphatic rings. The molecule has 0 unspecified atom stereocenters. The Morgan fingerprint density at radius 2 is 2.10 bits per heavy atom. The summed E-state index contributed by atoms with van der Waals surface area (Å²) in [7, 11) is 0. The van der Waals surface area contributed by atoms with E-state index in [1.165, 1.54) is 43.4 Å². The maximum Gasteiger partial charge on any atom is 0.146 e. The van der Waals surface area contributed by atoms with Crippen molar-refractivity contribution in [3.63, 3.8) is 0 Å². The molecule has 3 heteroatoms. The Hall–Kier alpha value is -1.56. The van der Waals surface area contributed by atoms with Crippen LogP contribution in [-0.4, -0.2) is 18.1 Å². The molecule has 0 aliphatic heterocycles. The molecule has 0 atom stereocenters. The van der Waals surface area contributed by atoms with Crippen molar-refractivity contribution in [2.45, 2.75) is 51.9 Å². The number of aryl methyl sites for hydroxylation is 2. The Morgan fingerprint density at radius 3 is 2.75 bits per heavy atom. The van der Waals surface area contributed by atoms with Gasteiger partial charge in [-0.3, -0.25) is 0 Å². The van der Waals surface area contributed by atoms with Crippen LogP contribution in [0.3, 0.4) is 0 Å². The van der Waals surface area contributed by atoms with E-state index in [1.54, 1.807) is 0 Å². The Morgan fingerprint density at radius 1 is 1.30 bits per heavy atom. The van der Waals surface area contributed by atoms with Gasteiger partial charge in [0, 0.05) is 18.8 Å². The second-order valence-corrected chi connectivity index (χ2v) is 6.12. The molecular formula is C17H23N3. The number of anilines is 1. The minimum atomic E-state index is 0.770. The molecule has 0 spiro atoms. The topological polar surface area (TPSA) is 39.9 Å². The van der Waals surface area contributed by atoms with E-state index in [-0.39, 0.29) is 0 Å². The van der Waals surface area contributed by atoms with Gasteiger partial charge in [-0.25, -0.2) is 4.98 Å². The summed E-state index contributed by atoms with van der Waals surface area (Å²) in [4.78, 5) is 7.19. The van der Waals surface area contributed by atoms with Gasteiger partial charge in [-0.1, -0.05) is 6.42 Å². The third-order valence-corrected chi connectivity index (χ3v) is 4.79. The van der Waals surface area contributed by atoms with Crippen molar-refractivity contribution in [2.24, 2.45) is 5.92 Å². The van der Waals surface area contributed by atoms with Gasteiger partial charge >= 0.3 is 0 Å². The van der Waals surface area contributed by atoms with Gasteiger partial charge in [-0.15, -0.1) is 0 Å². The molecule has 0 aromatic carbocycles. The van der Waals surface area contributed by atoms with Crippen molar-refractivity contribution >= 4 is 5.82 Å². The van der Waals surface area contributed by atoms with Gasteiger partial charge in [-0.05, 0) is 63.0 Å². The quantitative estimate of drug-likeness (QED) is 0.840. The number of rotatable bonds is 4. The predicted molar refractivity (Wildman–Crippen MR) is 80.8 cm³/mol. The summed E-state index contributed by atoms with van der Waals surface area (Å²) in [6, 6.07) is 4.46. The first kappa shape index (κ1) is 13.4. The number of nitrogens with zero attached hydrogens (tertiary/aromatic N) is 3. The fraction of sp³-hybridized carbons (Fsp3) is 0.647. The normalized spacial score (nSPS) is 18.0. The standard InChI is InChI=1S/C17H23N3/c1-2-20(12-13-6-5-7-13)17-15(11-18)10-14-8-3-4-9-16(14)19-17/h10,13H,2-9,12H2,1H3. The second-order valence-electron chi connectivity index (χ2n) is 6.12. The number of hydrogen-bond acceptors (Lipinski definition) is 3. The zero-order chi connectivity index (χ0) is 13.9. The van der Waals surface area contributed by atoms with Gasteiger partial charge in [0.25, 0.3) is 0 Å². The zero-order valence-corrected chi connectivity index (χ0v) is 12.4. The molecule has 0 radical (unpaired) electrons. The van der Waals surface area contributed by atoms with Crippen LogP contribution in [0.25, 0.3) is 0 Å². The lowest BCUT2D eigenvalue weighted by atomic mass is 9.85. The summed E-state index contributed by atoms with van der Waals surface area (Å²) >= 11 is 0. The Labute approximate surface area is 121 Å². The summed E-state index contributed by atoms with van der Waals surface area (Å²) in [5, 5.41) is 9.45. The minimum absolute atomic E-state index is 0.770. The zero-order valence-electron chi connectivity index (χ0n) is 12.4.